The SMILES string of the molecule is O=c1cc(NCCCNCc2cccc(Cl)c2)[nH]c2ccccc12. The van der Waals surface area contributed by atoms with Gasteiger partial charge in [-0.05, 0) is 42.8 Å². The Labute approximate surface area is 145 Å². The summed E-state index contributed by atoms with van der Waals surface area (Å²) in [6.07, 6.45) is 0.954. The lowest BCUT2D eigenvalue weighted by Crippen LogP contribution is -2.18. The Hall–Kier alpha value is -2.30. The number of pyridine rings is 1. The molecule has 4 nitrogen and oxygen atoms in total. The first kappa shape index (κ1) is 16.6. The van der Waals surface area contributed by atoms with Crippen molar-refractivity contribution >= 4 is 28.3 Å². The molecule has 0 fully saturated rings. The molecule has 0 radical (unpaired) electrons. The Kier molecular flexibility index (Phi) is 5.51. The van der Waals surface area contributed by atoms with Gasteiger partial charge in [0.2, 0.25) is 0 Å². The standard InChI is InChI=1S/C19H20ClN3O/c20-15-6-3-5-14(11-15)13-21-9-4-10-22-19-12-18(24)16-7-1-2-8-17(16)23-19/h1-3,5-8,11-12,21H,4,9-10,13H2,(H2,22,23,24). The van der Waals surface area contributed by atoms with Crippen LogP contribution in [0.1, 0.15) is 12.0 Å². The number of aromatic amines is 1. The molecule has 1 heterocycles. The molecule has 0 unspecified atom stereocenters. The van der Waals surface area contributed by atoms with E-state index in [1.54, 1.807) is 6.07 Å². The van der Waals surface area contributed by atoms with Crippen molar-refractivity contribution in [3.05, 3.63) is 75.4 Å². The zero-order chi connectivity index (χ0) is 16.8. The summed E-state index contributed by atoms with van der Waals surface area (Å²) >= 11 is 5.96. The smallest absolute Gasteiger partial charge is 0.191 e. The molecule has 0 bridgehead atoms. The van der Waals surface area contributed by atoms with E-state index < -0.39 is 0 Å². The van der Waals surface area contributed by atoms with Gasteiger partial charge in [-0.15, -0.1) is 0 Å². The third kappa shape index (κ3) is 4.37. The third-order valence-electron chi connectivity index (χ3n) is 3.80. The highest BCUT2D eigenvalue weighted by Gasteiger charge is 2.00. The van der Waals surface area contributed by atoms with Crippen LogP contribution in [-0.2, 0) is 6.54 Å². The Balaban J connectivity index is 1.44. The van der Waals surface area contributed by atoms with Gasteiger partial charge >= 0.3 is 0 Å². The van der Waals surface area contributed by atoms with Crippen LogP contribution in [0, 0.1) is 0 Å². The highest BCUT2D eigenvalue weighted by atomic mass is 35.5. The first-order valence-corrected chi connectivity index (χ1v) is 8.41. The molecule has 3 rings (SSSR count). The van der Waals surface area contributed by atoms with Crippen LogP contribution < -0.4 is 16.1 Å². The fourth-order valence-electron chi connectivity index (χ4n) is 2.61. The van der Waals surface area contributed by atoms with Gasteiger partial charge in [-0.2, -0.15) is 0 Å². The van der Waals surface area contributed by atoms with Crippen LogP contribution in [0.5, 0.6) is 0 Å². The minimum atomic E-state index is 0.0333. The minimum absolute atomic E-state index is 0.0333. The molecule has 0 aliphatic rings. The van der Waals surface area contributed by atoms with E-state index in [1.165, 1.54) is 5.56 Å². The van der Waals surface area contributed by atoms with Crippen molar-refractivity contribution in [2.75, 3.05) is 18.4 Å². The van der Waals surface area contributed by atoms with Gasteiger partial charge in [-0.3, -0.25) is 4.79 Å². The summed E-state index contributed by atoms with van der Waals surface area (Å²) in [6, 6.07) is 17.0. The average molecular weight is 342 g/mol. The maximum Gasteiger partial charge on any atom is 0.191 e. The van der Waals surface area contributed by atoms with E-state index in [2.05, 4.69) is 21.7 Å². The van der Waals surface area contributed by atoms with E-state index in [4.69, 9.17) is 11.6 Å². The molecule has 124 valence electrons. The van der Waals surface area contributed by atoms with Crippen LogP contribution in [0.2, 0.25) is 5.02 Å². The van der Waals surface area contributed by atoms with E-state index in [0.717, 1.165) is 42.4 Å². The molecular weight excluding hydrogens is 322 g/mol. The summed E-state index contributed by atoms with van der Waals surface area (Å²) in [5.74, 6) is 0.758. The lowest BCUT2D eigenvalue weighted by Gasteiger charge is -2.09. The van der Waals surface area contributed by atoms with Crippen molar-refractivity contribution in [1.82, 2.24) is 10.3 Å². The quantitative estimate of drug-likeness (QED) is 0.573. The van der Waals surface area contributed by atoms with Crippen LogP contribution in [0.25, 0.3) is 10.9 Å². The number of H-pyrrole nitrogens is 1. The highest BCUT2D eigenvalue weighted by Crippen LogP contribution is 2.11. The van der Waals surface area contributed by atoms with Crippen LogP contribution in [0.15, 0.2) is 59.4 Å². The lowest BCUT2D eigenvalue weighted by molar-refractivity contribution is 0.663. The molecule has 3 aromatic rings. The Morgan fingerprint density at radius 3 is 2.75 bits per heavy atom. The average Bonchev–Trinajstić information content (AvgIpc) is 2.58. The zero-order valence-corrected chi connectivity index (χ0v) is 14.1. The van der Waals surface area contributed by atoms with E-state index in [9.17, 15) is 4.79 Å². The fourth-order valence-corrected chi connectivity index (χ4v) is 2.82. The molecule has 24 heavy (non-hydrogen) atoms. The summed E-state index contributed by atoms with van der Waals surface area (Å²) in [5.41, 5.74) is 2.06. The maximum atomic E-state index is 12.0. The molecule has 3 N–H and O–H groups in total. The predicted molar refractivity (Wildman–Crippen MR) is 101 cm³/mol. The molecule has 0 saturated carbocycles. The molecule has 1 aromatic heterocycles. The van der Waals surface area contributed by atoms with E-state index >= 15 is 0 Å². The number of halogens is 1. The molecule has 0 spiro atoms. The molecule has 0 aliphatic carbocycles. The van der Waals surface area contributed by atoms with Crippen molar-refractivity contribution in [1.29, 1.82) is 0 Å². The van der Waals surface area contributed by atoms with Gasteiger partial charge in [0.25, 0.3) is 0 Å². The first-order valence-electron chi connectivity index (χ1n) is 8.03. The van der Waals surface area contributed by atoms with Gasteiger partial charge in [0.05, 0.1) is 5.52 Å². The molecule has 5 heteroatoms. The van der Waals surface area contributed by atoms with Gasteiger partial charge in [0, 0.05) is 29.6 Å². The topological polar surface area (TPSA) is 56.9 Å². The second-order valence-corrected chi connectivity index (χ2v) is 6.12. The van der Waals surface area contributed by atoms with Gasteiger partial charge in [0.15, 0.2) is 5.43 Å². The molecule has 0 atom stereocenters. The molecule has 0 saturated heterocycles. The van der Waals surface area contributed by atoms with E-state index in [1.807, 2.05) is 42.5 Å². The molecular formula is C19H20ClN3O. The monoisotopic (exact) mass is 341 g/mol. The molecule has 0 aliphatic heterocycles. The number of rotatable bonds is 7. The molecule has 0 amide bonds. The number of anilines is 1. The second-order valence-electron chi connectivity index (χ2n) is 5.68. The maximum absolute atomic E-state index is 12.0. The zero-order valence-electron chi connectivity index (χ0n) is 13.3. The number of hydrogen-bond acceptors (Lipinski definition) is 3. The number of para-hydroxylation sites is 1. The Bertz CT molecular complexity index is 876. The number of fused-ring (bicyclic) bond motifs is 1. The number of hydrogen-bond donors (Lipinski definition) is 3. The number of nitrogens with one attached hydrogen (secondary N) is 3. The summed E-state index contributed by atoms with van der Waals surface area (Å²) in [5, 5.41) is 8.13. The number of benzene rings is 2. The fraction of sp³-hybridized carbons (Fsp3) is 0.211. The van der Waals surface area contributed by atoms with Crippen molar-refractivity contribution in [2.24, 2.45) is 0 Å². The normalized spacial score (nSPS) is 10.9. The van der Waals surface area contributed by atoms with Crippen LogP contribution >= 0.6 is 11.6 Å². The Morgan fingerprint density at radius 1 is 1.00 bits per heavy atom. The number of aromatic nitrogens is 1. The van der Waals surface area contributed by atoms with Gasteiger partial charge in [-0.25, -0.2) is 0 Å². The lowest BCUT2D eigenvalue weighted by atomic mass is 10.2. The van der Waals surface area contributed by atoms with Gasteiger partial charge in [0.1, 0.15) is 5.82 Å². The summed E-state index contributed by atoms with van der Waals surface area (Å²) < 4.78 is 0. The third-order valence-corrected chi connectivity index (χ3v) is 4.04. The summed E-state index contributed by atoms with van der Waals surface area (Å²) in [6.45, 7) is 2.47. The van der Waals surface area contributed by atoms with Crippen LogP contribution in [0.3, 0.4) is 0 Å². The van der Waals surface area contributed by atoms with Crippen molar-refractivity contribution in [3.8, 4) is 0 Å². The summed E-state index contributed by atoms with van der Waals surface area (Å²) in [7, 11) is 0. The van der Waals surface area contributed by atoms with Crippen molar-refractivity contribution in [2.45, 2.75) is 13.0 Å². The van der Waals surface area contributed by atoms with E-state index in [-0.39, 0.29) is 5.43 Å². The first-order chi connectivity index (χ1) is 11.7. The Morgan fingerprint density at radius 2 is 1.88 bits per heavy atom. The largest absolute Gasteiger partial charge is 0.371 e. The van der Waals surface area contributed by atoms with Crippen molar-refractivity contribution in [3.63, 3.8) is 0 Å². The molecule has 2 aromatic carbocycles. The van der Waals surface area contributed by atoms with Gasteiger partial charge < -0.3 is 15.6 Å². The summed E-state index contributed by atoms with van der Waals surface area (Å²) in [4.78, 5) is 15.3. The van der Waals surface area contributed by atoms with Crippen LogP contribution in [-0.4, -0.2) is 18.1 Å². The van der Waals surface area contributed by atoms with Crippen LogP contribution in [0.4, 0.5) is 5.82 Å². The van der Waals surface area contributed by atoms with E-state index in [0.29, 0.717) is 5.39 Å². The minimum Gasteiger partial charge on any atom is -0.371 e. The predicted octanol–water partition coefficient (Wildman–Crippen LogP) is 3.77. The second kappa shape index (κ2) is 7.99. The highest BCUT2D eigenvalue weighted by molar-refractivity contribution is 6.30. The van der Waals surface area contributed by atoms with Gasteiger partial charge in [-0.1, -0.05) is 35.9 Å². The van der Waals surface area contributed by atoms with Crippen molar-refractivity contribution < 1.29 is 0 Å².